The van der Waals surface area contributed by atoms with Gasteiger partial charge in [0.2, 0.25) is 0 Å². The number of amides is 1. The van der Waals surface area contributed by atoms with E-state index in [4.69, 9.17) is 0 Å². The van der Waals surface area contributed by atoms with E-state index >= 15 is 0 Å². The summed E-state index contributed by atoms with van der Waals surface area (Å²) in [4.78, 5) is 20.3. The first-order chi connectivity index (χ1) is 9.24. The number of rotatable bonds is 2. The van der Waals surface area contributed by atoms with Crippen molar-refractivity contribution in [3.8, 4) is 0 Å². The second-order valence-corrected chi connectivity index (χ2v) is 4.68. The maximum absolute atomic E-state index is 12.1. The van der Waals surface area contributed by atoms with Crippen molar-refractivity contribution in [3.05, 3.63) is 53.0 Å². The Morgan fingerprint density at radius 1 is 1.26 bits per heavy atom. The van der Waals surface area contributed by atoms with Gasteiger partial charge in [-0.2, -0.15) is 5.10 Å². The highest BCUT2D eigenvalue weighted by molar-refractivity contribution is 9.10. The van der Waals surface area contributed by atoms with Gasteiger partial charge in [0.15, 0.2) is 5.65 Å². The molecular weight excluding hydrogens is 310 g/mol. The quantitative estimate of drug-likeness (QED) is 0.786. The molecule has 3 rings (SSSR count). The first kappa shape index (κ1) is 11.8. The first-order valence-electron chi connectivity index (χ1n) is 5.45. The van der Waals surface area contributed by atoms with E-state index in [0.717, 1.165) is 4.47 Å². The zero-order chi connectivity index (χ0) is 13.2. The Hall–Kier alpha value is -2.28. The fraction of sp³-hybridized carbons (Fsp3) is 0. The van der Waals surface area contributed by atoms with Crippen LogP contribution in [0.2, 0.25) is 0 Å². The molecule has 94 valence electrons. The lowest BCUT2D eigenvalue weighted by molar-refractivity contribution is 0.102. The molecule has 0 saturated carbocycles. The molecule has 0 aliphatic carbocycles. The molecule has 0 atom stereocenters. The van der Waals surface area contributed by atoms with Crippen LogP contribution in [0.25, 0.3) is 5.65 Å². The highest BCUT2D eigenvalue weighted by Gasteiger charge is 2.13. The Morgan fingerprint density at radius 3 is 2.95 bits per heavy atom. The lowest BCUT2D eigenvalue weighted by Gasteiger charge is -2.02. The van der Waals surface area contributed by atoms with Crippen molar-refractivity contribution in [2.24, 2.45) is 0 Å². The van der Waals surface area contributed by atoms with Gasteiger partial charge in [-0.05, 0) is 34.1 Å². The molecule has 7 heteroatoms. The van der Waals surface area contributed by atoms with Crippen LogP contribution in [0.1, 0.15) is 10.4 Å². The highest BCUT2D eigenvalue weighted by Crippen LogP contribution is 2.13. The molecule has 1 N–H and O–H groups in total. The van der Waals surface area contributed by atoms with Crippen molar-refractivity contribution in [3.63, 3.8) is 0 Å². The Balaban J connectivity index is 1.90. The number of hydrogen-bond donors (Lipinski definition) is 1. The van der Waals surface area contributed by atoms with Crippen LogP contribution < -0.4 is 5.32 Å². The van der Waals surface area contributed by atoms with E-state index in [1.54, 1.807) is 41.3 Å². The van der Waals surface area contributed by atoms with Crippen LogP contribution in [0, 0.1) is 0 Å². The fourth-order valence-corrected chi connectivity index (χ4v) is 1.86. The Kier molecular flexibility index (Phi) is 2.96. The van der Waals surface area contributed by atoms with Gasteiger partial charge in [0.25, 0.3) is 5.91 Å². The van der Waals surface area contributed by atoms with Gasteiger partial charge in [-0.3, -0.25) is 4.79 Å². The second-order valence-electron chi connectivity index (χ2n) is 3.76. The second kappa shape index (κ2) is 4.77. The number of nitrogens with one attached hydrogen (secondary N) is 1. The number of hydrogen-bond acceptors (Lipinski definition) is 4. The van der Waals surface area contributed by atoms with Gasteiger partial charge in [-0.15, -0.1) is 0 Å². The zero-order valence-corrected chi connectivity index (χ0v) is 11.2. The van der Waals surface area contributed by atoms with E-state index in [1.807, 2.05) is 0 Å². The molecule has 0 radical (unpaired) electrons. The number of carbonyl (C=O) groups is 1. The number of pyridine rings is 1. The molecule has 3 aromatic rings. The van der Waals surface area contributed by atoms with Crippen molar-refractivity contribution >= 4 is 33.3 Å². The smallest absolute Gasteiger partial charge is 0.262 e. The minimum atomic E-state index is -0.288. The highest BCUT2D eigenvalue weighted by atomic mass is 79.9. The maximum atomic E-state index is 12.1. The topological polar surface area (TPSA) is 72.2 Å². The van der Waals surface area contributed by atoms with E-state index in [-0.39, 0.29) is 5.91 Å². The number of fused-ring (bicyclic) bond motifs is 1. The average Bonchev–Trinajstić information content (AvgIpc) is 2.85. The van der Waals surface area contributed by atoms with Crippen molar-refractivity contribution in [1.82, 2.24) is 19.6 Å². The molecule has 0 spiro atoms. The van der Waals surface area contributed by atoms with Crippen molar-refractivity contribution in [1.29, 1.82) is 0 Å². The maximum Gasteiger partial charge on any atom is 0.262 e. The monoisotopic (exact) mass is 317 g/mol. The van der Waals surface area contributed by atoms with Gasteiger partial charge in [-0.25, -0.2) is 14.5 Å². The van der Waals surface area contributed by atoms with Crippen molar-refractivity contribution in [2.45, 2.75) is 0 Å². The number of anilines is 1. The SMILES string of the molecule is O=C(Nc1ccc(Br)cn1)c1cnn2cccnc12. The largest absolute Gasteiger partial charge is 0.306 e. The molecule has 3 aromatic heterocycles. The predicted octanol–water partition coefficient (Wildman–Crippen LogP) is 2.14. The van der Waals surface area contributed by atoms with Crippen LogP contribution in [0.4, 0.5) is 5.82 Å². The van der Waals surface area contributed by atoms with Crippen LogP contribution >= 0.6 is 15.9 Å². The Bertz CT molecular complexity index is 737. The fourth-order valence-electron chi connectivity index (χ4n) is 1.62. The minimum absolute atomic E-state index is 0.288. The molecule has 3 heterocycles. The minimum Gasteiger partial charge on any atom is -0.306 e. The van der Waals surface area contributed by atoms with Gasteiger partial charge in [-0.1, -0.05) is 0 Å². The lowest BCUT2D eigenvalue weighted by atomic mass is 10.3. The molecule has 0 aliphatic heterocycles. The first-order valence-corrected chi connectivity index (χ1v) is 6.24. The third-order valence-corrected chi connectivity index (χ3v) is 2.96. The summed E-state index contributed by atoms with van der Waals surface area (Å²) in [6.45, 7) is 0. The number of carbonyl (C=O) groups excluding carboxylic acids is 1. The van der Waals surface area contributed by atoms with E-state index in [2.05, 4.69) is 36.3 Å². The van der Waals surface area contributed by atoms with Gasteiger partial charge in [0, 0.05) is 23.1 Å². The zero-order valence-electron chi connectivity index (χ0n) is 9.62. The summed E-state index contributed by atoms with van der Waals surface area (Å²) in [7, 11) is 0. The molecule has 6 nitrogen and oxygen atoms in total. The molecular formula is C12H8BrN5O. The van der Waals surface area contributed by atoms with Gasteiger partial charge >= 0.3 is 0 Å². The number of nitrogens with zero attached hydrogens (tertiary/aromatic N) is 4. The standard InChI is InChI=1S/C12H8BrN5O/c13-8-2-3-10(15-6-8)17-12(19)9-7-16-18-5-1-4-14-11(9)18/h1-7H,(H,15,17,19). The molecule has 1 amide bonds. The summed E-state index contributed by atoms with van der Waals surface area (Å²) in [5, 5.41) is 6.76. The van der Waals surface area contributed by atoms with Crippen LogP contribution in [0.3, 0.4) is 0 Å². The number of aromatic nitrogens is 4. The molecule has 0 fully saturated rings. The van der Waals surface area contributed by atoms with Gasteiger partial charge < -0.3 is 5.32 Å². The molecule has 0 unspecified atom stereocenters. The normalized spacial score (nSPS) is 10.6. The van der Waals surface area contributed by atoms with E-state index < -0.39 is 0 Å². The lowest BCUT2D eigenvalue weighted by Crippen LogP contribution is -2.12. The molecule has 0 aliphatic rings. The molecule has 0 aromatic carbocycles. The summed E-state index contributed by atoms with van der Waals surface area (Å²) in [5.41, 5.74) is 0.919. The third-order valence-electron chi connectivity index (χ3n) is 2.49. The summed E-state index contributed by atoms with van der Waals surface area (Å²) in [5.74, 6) is 0.187. The molecule has 19 heavy (non-hydrogen) atoms. The van der Waals surface area contributed by atoms with E-state index in [9.17, 15) is 4.79 Å². The summed E-state index contributed by atoms with van der Waals surface area (Å²) < 4.78 is 2.40. The van der Waals surface area contributed by atoms with Crippen molar-refractivity contribution in [2.75, 3.05) is 5.32 Å². The molecule has 0 bridgehead atoms. The number of halogens is 1. The Morgan fingerprint density at radius 2 is 2.16 bits per heavy atom. The predicted molar refractivity (Wildman–Crippen MR) is 72.9 cm³/mol. The van der Waals surface area contributed by atoms with Crippen molar-refractivity contribution < 1.29 is 4.79 Å². The van der Waals surface area contributed by atoms with E-state index in [1.165, 1.54) is 6.20 Å². The summed E-state index contributed by atoms with van der Waals surface area (Å²) in [6, 6.07) is 5.26. The van der Waals surface area contributed by atoms with Crippen LogP contribution in [-0.2, 0) is 0 Å². The Labute approximate surface area is 116 Å². The van der Waals surface area contributed by atoms with Gasteiger partial charge in [0.05, 0.1) is 6.20 Å². The van der Waals surface area contributed by atoms with Crippen LogP contribution in [0.15, 0.2) is 47.5 Å². The summed E-state index contributed by atoms with van der Waals surface area (Å²) in [6.07, 6.45) is 6.45. The van der Waals surface area contributed by atoms with Gasteiger partial charge in [0.1, 0.15) is 11.4 Å². The summed E-state index contributed by atoms with van der Waals surface area (Å²) >= 11 is 3.28. The van der Waals surface area contributed by atoms with Crippen LogP contribution in [-0.4, -0.2) is 25.5 Å². The average molecular weight is 318 g/mol. The third kappa shape index (κ3) is 2.32. The molecule has 0 saturated heterocycles. The van der Waals surface area contributed by atoms with Crippen LogP contribution in [0.5, 0.6) is 0 Å². The van der Waals surface area contributed by atoms with E-state index in [0.29, 0.717) is 17.0 Å².